The van der Waals surface area contributed by atoms with Crippen molar-refractivity contribution in [2.24, 2.45) is 4.99 Å². The summed E-state index contributed by atoms with van der Waals surface area (Å²) in [5.74, 6) is 0.650. The van der Waals surface area contributed by atoms with E-state index in [2.05, 4.69) is 27.9 Å². The first-order valence-electron chi connectivity index (χ1n) is 10.2. The average Bonchev–Trinajstić information content (AvgIpc) is 2.69. The summed E-state index contributed by atoms with van der Waals surface area (Å²) in [5.41, 5.74) is 1.75. The Morgan fingerprint density at radius 1 is 1.00 bits per heavy atom. The Bertz CT molecular complexity index is 585. The van der Waals surface area contributed by atoms with Crippen LogP contribution >= 0.6 is 24.0 Å². The third-order valence-electron chi connectivity index (χ3n) is 3.85. The van der Waals surface area contributed by atoms with Crippen molar-refractivity contribution in [1.82, 2.24) is 16.0 Å². The standard InChI is InChI=1S/C21H36N4O3.HI/c1-4-6-13-27-15-16-28-14-12-25-21(22-5-2)24-11-10-23-20(26)19-9-7-8-18(3)17-19;/h7-9,17H,4-6,10-16H2,1-3H3,(H,23,26)(H2,22,24,25);1H. The first kappa shape index (κ1) is 27.6. The van der Waals surface area contributed by atoms with E-state index in [1.165, 1.54) is 0 Å². The first-order chi connectivity index (χ1) is 13.7. The van der Waals surface area contributed by atoms with Crippen molar-refractivity contribution in [1.29, 1.82) is 0 Å². The van der Waals surface area contributed by atoms with Gasteiger partial charge in [-0.05, 0) is 32.4 Å². The Kier molecular flexibility index (Phi) is 17.7. The summed E-state index contributed by atoms with van der Waals surface area (Å²) in [6, 6.07) is 7.55. The predicted molar refractivity (Wildman–Crippen MR) is 129 cm³/mol. The van der Waals surface area contributed by atoms with E-state index in [0.29, 0.717) is 45.0 Å². The number of carbonyl (C=O) groups is 1. The molecule has 0 fully saturated rings. The van der Waals surface area contributed by atoms with Crippen LogP contribution in [0.1, 0.15) is 42.6 Å². The lowest BCUT2D eigenvalue weighted by Crippen LogP contribution is -2.41. The van der Waals surface area contributed by atoms with Crippen LogP contribution in [-0.4, -0.2) is 64.5 Å². The van der Waals surface area contributed by atoms with Gasteiger partial charge in [0.15, 0.2) is 5.96 Å². The molecule has 1 rings (SSSR count). The number of hydrogen-bond donors (Lipinski definition) is 3. The summed E-state index contributed by atoms with van der Waals surface area (Å²) in [4.78, 5) is 16.6. The van der Waals surface area contributed by atoms with Crippen LogP contribution in [0.4, 0.5) is 0 Å². The van der Waals surface area contributed by atoms with Crippen molar-refractivity contribution in [2.75, 3.05) is 52.6 Å². The molecule has 0 aromatic heterocycles. The fourth-order valence-electron chi connectivity index (χ4n) is 2.38. The Morgan fingerprint density at radius 3 is 2.41 bits per heavy atom. The zero-order valence-electron chi connectivity index (χ0n) is 18.0. The van der Waals surface area contributed by atoms with E-state index < -0.39 is 0 Å². The molecular formula is C21H37IN4O3. The lowest BCUT2D eigenvalue weighted by molar-refractivity contribution is 0.0497. The van der Waals surface area contributed by atoms with Gasteiger partial charge in [-0.3, -0.25) is 9.79 Å². The number of aliphatic imine (C=N–C) groups is 1. The van der Waals surface area contributed by atoms with E-state index in [-0.39, 0.29) is 29.9 Å². The van der Waals surface area contributed by atoms with Crippen molar-refractivity contribution in [3.8, 4) is 0 Å². The largest absolute Gasteiger partial charge is 0.379 e. The topological polar surface area (TPSA) is 84.0 Å². The van der Waals surface area contributed by atoms with E-state index in [0.717, 1.165) is 37.5 Å². The highest BCUT2D eigenvalue weighted by molar-refractivity contribution is 14.0. The number of nitrogens with zero attached hydrogens (tertiary/aromatic N) is 1. The number of rotatable bonds is 14. The van der Waals surface area contributed by atoms with Gasteiger partial charge in [-0.1, -0.05) is 31.0 Å². The summed E-state index contributed by atoms with van der Waals surface area (Å²) >= 11 is 0. The van der Waals surface area contributed by atoms with Crippen LogP contribution in [-0.2, 0) is 9.47 Å². The van der Waals surface area contributed by atoms with E-state index in [4.69, 9.17) is 9.47 Å². The average molecular weight is 520 g/mol. The highest BCUT2D eigenvalue weighted by Gasteiger charge is 2.04. The molecule has 7 nitrogen and oxygen atoms in total. The van der Waals surface area contributed by atoms with Gasteiger partial charge in [-0.15, -0.1) is 24.0 Å². The normalized spacial score (nSPS) is 10.9. The Balaban J connectivity index is 0.00000784. The van der Waals surface area contributed by atoms with Crippen LogP contribution in [0.3, 0.4) is 0 Å². The maximum Gasteiger partial charge on any atom is 0.251 e. The fourth-order valence-corrected chi connectivity index (χ4v) is 2.38. The molecule has 1 aromatic carbocycles. The molecule has 0 bridgehead atoms. The second-order valence-electron chi connectivity index (χ2n) is 6.39. The molecule has 8 heteroatoms. The SMILES string of the molecule is CCCCOCCOCCN=C(NCC)NCCNC(=O)c1cccc(C)c1.I. The monoisotopic (exact) mass is 520 g/mol. The third-order valence-corrected chi connectivity index (χ3v) is 3.85. The number of ether oxygens (including phenoxy) is 2. The van der Waals surface area contributed by atoms with Crippen LogP contribution in [0, 0.1) is 6.92 Å². The molecule has 0 unspecified atom stereocenters. The Hall–Kier alpha value is -1.39. The number of nitrogens with one attached hydrogen (secondary N) is 3. The number of carbonyl (C=O) groups excluding carboxylic acids is 1. The number of guanidine groups is 1. The van der Waals surface area contributed by atoms with Gasteiger partial charge in [0.1, 0.15) is 0 Å². The third kappa shape index (κ3) is 14.3. The molecule has 166 valence electrons. The van der Waals surface area contributed by atoms with Crippen LogP contribution in [0.25, 0.3) is 0 Å². The molecule has 1 amide bonds. The van der Waals surface area contributed by atoms with Gasteiger partial charge in [-0.2, -0.15) is 0 Å². The van der Waals surface area contributed by atoms with Crippen molar-refractivity contribution < 1.29 is 14.3 Å². The van der Waals surface area contributed by atoms with Crippen LogP contribution in [0.2, 0.25) is 0 Å². The highest BCUT2D eigenvalue weighted by Crippen LogP contribution is 2.03. The van der Waals surface area contributed by atoms with Gasteiger partial charge in [0.25, 0.3) is 5.91 Å². The molecule has 0 aliphatic rings. The number of amides is 1. The minimum atomic E-state index is -0.0676. The molecule has 1 aromatic rings. The molecule has 0 radical (unpaired) electrons. The molecule has 0 heterocycles. The van der Waals surface area contributed by atoms with Gasteiger partial charge in [0.2, 0.25) is 0 Å². The second-order valence-corrected chi connectivity index (χ2v) is 6.39. The lowest BCUT2D eigenvalue weighted by atomic mass is 10.1. The van der Waals surface area contributed by atoms with Crippen LogP contribution in [0.5, 0.6) is 0 Å². The zero-order valence-corrected chi connectivity index (χ0v) is 20.3. The maximum absolute atomic E-state index is 12.1. The second kappa shape index (κ2) is 18.6. The zero-order chi connectivity index (χ0) is 20.5. The van der Waals surface area contributed by atoms with Crippen LogP contribution in [0.15, 0.2) is 29.3 Å². The number of halogens is 1. The summed E-state index contributed by atoms with van der Waals surface area (Å²) in [6.45, 7) is 11.2. The van der Waals surface area contributed by atoms with E-state index in [1.807, 2.05) is 38.1 Å². The summed E-state index contributed by atoms with van der Waals surface area (Å²) in [5, 5.41) is 9.29. The predicted octanol–water partition coefficient (Wildman–Crippen LogP) is 2.73. The Morgan fingerprint density at radius 2 is 1.72 bits per heavy atom. The summed E-state index contributed by atoms with van der Waals surface area (Å²) in [6.07, 6.45) is 2.23. The van der Waals surface area contributed by atoms with Crippen molar-refractivity contribution in [3.05, 3.63) is 35.4 Å². The summed E-state index contributed by atoms with van der Waals surface area (Å²) < 4.78 is 11.0. The van der Waals surface area contributed by atoms with E-state index in [9.17, 15) is 4.79 Å². The molecule has 0 spiro atoms. The van der Waals surface area contributed by atoms with E-state index >= 15 is 0 Å². The molecular weight excluding hydrogens is 483 g/mol. The smallest absolute Gasteiger partial charge is 0.251 e. The maximum atomic E-state index is 12.1. The number of hydrogen-bond acceptors (Lipinski definition) is 4. The number of unbranched alkanes of at least 4 members (excludes halogenated alkanes) is 1. The molecule has 0 aliphatic heterocycles. The molecule has 0 atom stereocenters. The summed E-state index contributed by atoms with van der Waals surface area (Å²) in [7, 11) is 0. The molecule has 29 heavy (non-hydrogen) atoms. The van der Waals surface area contributed by atoms with Crippen molar-refractivity contribution in [2.45, 2.75) is 33.6 Å². The van der Waals surface area contributed by atoms with Gasteiger partial charge >= 0.3 is 0 Å². The highest BCUT2D eigenvalue weighted by atomic mass is 127. The van der Waals surface area contributed by atoms with E-state index in [1.54, 1.807) is 0 Å². The lowest BCUT2D eigenvalue weighted by Gasteiger charge is -2.12. The first-order valence-corrected chi connectivity index (χ1v) is 10.2. The van der Waals surface area contributed by atoms with Gasteiger partial charge in [0.05, 0.1) is 26.4 Å². The quantitative estimate of drug-likeness (QED) is 0.152. The number of benzene rings is 1. The molecule has 0 saturated heterocycles. The van der Waals surface area contributed by atoms with Crippen LogP contribution < -0.4 is 16.0 Å². The Labute approximate surface area is 192 Å². The minimum Gasteiger partial charge on any atom is -0.379 e. The van der Waals surface area contributed by atoms with Gasteiger partial charge in [0, 0.05) is 31.8 Å². The van der Waals surface area contributed by atoms with Gasteiger partial charge < -0.3 is 25.4 Å². The molecule has 0 saturated carbocycles. The molecule has 0 aliphatic carbocycles. The fraction of sp³-hybridized carbons (Fsp3) is 0.619. The number of aryl methyl sites for hydroxylation is 1. The van der Waals surface area contributed by atoms with Gasteiger partial charge in [-0.25, -0.2) is 0 Å². The molecule has 3 N–H and O–H groups in total. The van der Waals surface area contributed by atoms with Crippen molar-refractivity contribution in [3.63, 3.8) is 0 Å². The van der Waals surface area contributed by atoms with Crippen molar-refractivity contribution >= 4 is 35.8 Å². The minimum absolute atomic E-state index is 0.